The van der Waals surface area contributed by atoms with Crippen molar-refractivity contribution in [1.82, 2.24) is 10.2 Å². The largest absolute Gasteiger partial charge is 0.344 e. The zero-order valence-electron chi connectivity index (χ0n) is 12.0. The SMILES string of the molecule is CC(=O)N1CC[NH+](CC(=O)N[C@H](C)c2cccs2)CC1. The number of hydrogen-bond donors (Lipinski definition) is 2. The van der Waals surface area contributed by atoms with E-state index in [9.17, 15) is 9.59 Å². The summed E-state index contributed by atoms with van der Waals surface area (Å²) in [6.07, 6.45) is 0. The van der Waals surface area contributed by atoms with E-state index in [1.165, 1.54) is 9.78 Å². The number of rotatable bonds is 4. The van der Waals surface area contributed by atoms with Gasteiger partial charge >= 0.3 is 0 Å². The molecule has 1 aromatic heterocycles. The van der Waals surface area contributed by atoms with Crippen LogP contribution in [0.3, 0.4) is 0 Å². The van der Waals surface area contributed by atoms with Crippen LogP contribution in [0.5, 0.6) is 0 Å². The average molecular weight is 296 g/mol. The summed E-state index contributed by atoms with van der Waals surface area (Å²) in [5.74, 6) is 0.206. The Hall–Kier alpha value is -1.40. The van der Waals surface area contributed by atoms with Gasteiger partial charge in [-0.05, 0) is 18.4 Å². The zero-order valence-corrected chi connectivity index (χ0v) is 12.8. The van der Waals surface area contributed by atoms with Crippen LogP contribution < -0.4 is 10.2 Å². The second-order valence-corrected chi connectivity index (χ2v) is 6.22. The van der Waals surface area contributed by atoms with Gasteiger partial charge in [0.15, 0.2) is 6.54 Å². The van der Waals surface area contributed by atoms with Gasteiger partial charge in [0.25, 0.3) is 5.91 Å². The molecule has 1 aliphatic heterocycles. The van der Waals surface area contributed by atoms with Crippen LogP contribution in [0.25, 0.3) is 0 Å². The fraction of sp³-hybridized carbons (Fsp3) is 0.571. The Morgan fingerprint density at radius 3 is 2.70 bits per heavy atom. The quantitative estimate of drug-likeness (QED) is 0.800. The molecule has 0 saturated carbocycles. The summed E-state index contributed by atoms with van der Waals surface area (Å²) in [6, 6.07) is 4.10. The van der Waals surface area contributed by atoms with Gasteiger partial charge in [-0.15, -0.1) is 11.3 Å². The first-order valence-corrected chi connectivity index (χ1v) is 7.86. The molecule has 6 heteroatoms. The van der Waals surface area contributed by atoms with E-state index >= 15 is 0 Å². The zero-order chi connectivity index (χ0) is 14.5. The Morgan fingerprint density at radius 1 is 1.45 bits per heavy atom. The van der Waals surface area contributed by atoms with Crippen LogP contribution >= 0.6 is 11.3 Å². The van der Waals surface area contributed by atoms with E-state index in [1.54, 1.807) is 18.3 Å². The standard InChI is InChI=1S/C14H21N3O2S/c1-11(13-4-3-9-20-13)15-14(19)10-16-5-7-17(8-6-16)12(2)18/h3-4,9,11H,5-8,10H2,1-2H3,(H,15,19)/p+1/t11-/m1/s1. The summed E-state index contributed by atoms with van der Waals surface area (Å²) < 4.78 is 0. The molecule has 2 N–H and O–H groups in total. The number of nitrogens with one attached hydrogen (secondary N) is 2. The number of amides is 2. The monoisotopic (exact) mass is 296 g/mol. The lowest BCUT2D eigenvalue weighted by Crippen LogP contribution is -3.15. The van der Waals surface area contributed by atoms with Gasteiger partial charge in [-0.1, -0.05) is 6.07 Å². The number of piperazine rings is 1. The van der Waals surface area contributed by atoms with Gasteiger partial charge in [0.1, 0.15) is 0 Å². The lowest BCUT2D eigenvalue weighted by molar-refractivity contribution is -0.896. The minimum atomic E-state index is 0.0698. The first-order chi connectivity index (χ1) is 9.56. The van der Waals surface area contributed by atoms with E-state index in [0.717, 1.165) is 26.2 Å². The van der Waals surface area contributed by atoms with Crippen molar-refractivity contribution < 1.29 is 14.5 Å². The van der Waals surface area contributed by atoms with Gasteiger partial charge in [0.05, 0.1) is 32.2 Å². The Bertz CT molecular complexity index is 453. The predicted octanol–water partition coefficient (Wildman–Crippen LogP) is -0.328. The van der Waals surface area contributed by atoms with Crippen molar-refractivity contribution in [3.05, 3.63) is 22.4 Å². The third-order valence-corrected chi connectivity index (χ3v) is 4.73. The molecule has 0 spiro atoms. The van der Waals surface area contributed by atoms with Crippen LogP contribution in [0.2, 0.25) is 0 Å². The molecule has 2 rings (SSSR count). The van der Waals surface area contributed by atoms with Crippen molar-refractivity contribution in [1.29, 1.82) is 0 Å². The van der Waals surface area contributed by atoms with Crippen molar-refractivity contribution >= 4 is 23.2 Å². The predicted molar refractivity (Wildman–Crippen MR) is 78.7 cm³/mol. The molecule has 1 aliphatic rings. The van der Waals surface area contributed by atoms with Crippen molar-refractivity contribution in [2.24, 2.45) is 0 Å². The molecule has 0 bridgehead atoms. The number of quaternary nitrogens is 1. The second-order valence-electron chi connectivity index (χ2n) is 5.24. The van der Waals surface area contributed by atoms with Crippen LogP contribution in [0.1, 0.15) is 24.8 Å². The van der Waals surface area contributed by atoms with E-state index in [2.05, 4.69) is 5.32 Å². The van der Waals surface area contributed by atoms with Crippen LogP contribution in [-0.4, -0.2) is 49.4 Å². The lowest BCUT2D eigenvalue weighted by atomic mass is 10.2. The molecule has 1 fully saturated rings. The molecule has 1 aromatic rings. The molecule has 2 heterocycles. The van der Waals surface area contributed by atoms with E-state index in [1.807, 2.05) is 29.3 Å². The summed E-state index contributed by atoms with van der Waals surface area (Å²) in [5.41, 5.74) is 0. The smallest absolute Gasteiger partial charge is 0.275 e. The summed E-state index contributed by atoms with van der Waals surface area (Å²) >= 11 is 1.66. The number of carbonyl (C=O) groups excluding carboxylic acids is 2. The van der Waals surface area contributed by atoms with E-state index < -0.39 is 0 Å². The highest BCUT2D eigenvalue weighted by Crippen LogP contribution is 2.17. The molecule has 1 saturated heterocycles. The highest BCUT2D eigenvalue weighted by Gasteiger charge is 2.23. The first-order valence-electron chi connectivity index (χ1n) is 6.98. The number of carbonyl (C=O) groups is 2. The molecule has 0 unspecified atom stereocenters. The van der Waals surface area contributed by atoms with Gasteiger partial charge in [-0.3, -0.25) is 9.59 Å². The van der Waals surface area contributed by atoms with Crippen LogP contribution in [0.15, 0.2) is 17.5 Å². The maximum Gasteiger partial charge on any atom is 0.275 e. The normalized spacial score (nSPS) is 17.8. The van der Waals surface area contributed by atoms with E-state index in [4.69, 9.17) is 0 Å². The van der Waals surface area contributed by atoms with E-state index in [-0.39, 0.29) is 17.9 Å². The minimum absolute atomic E-state index is 0.0698. The first kappa shape index (κ1) is 15.0. The van der Waals surface area contributed by atoms with E-state index in [0.29, 0.717) is 6.54 Å². The maximum absolute atomic E-state index is 12.0. The summed E-state index contributed by atoms with van der Waals surface area (Å²) in [4.78, 5) is 27.5. The number of nitrogens with zero attached hydrogens (tertiary/aromatic N) is 1. The van der Waals surface area contributed by atoms with Gasteiger partial charge in [-0.25, -0.2) is 0 Å². The third-order valence-electron chi connectivity index (χ3n) is 3.67. The molecule has 20 heavy (non-hydrogen) atoms. The minimum Gasteiger partial charge on any atom is -0.344 e. The number of hydrogen-bond acceptors (Lipinski definition) is 3. The third kappa shape index (κ3) is 4.05. The van der Waals surface area contributed by atoms with Crippen molar-refractivity contribution in [3.8, 4) is 0 Å². The molecular formula is C14H22N3O2S+. The van der Waals surface area contributed by atoms with Crippen LogP contribution in [0, 0.1) is 0 Å². The second kappa shape index (κ2) is 6.85. The molecule has 0 aliphatic carbocycles. The maximum atomic E-state index is 12.0. The average Bonchev–Trinajstić information content (AvgIpc) is 2.93. The lowest BCUT2D eigenvalue weighted by Gasteiger charge is -2.31. The molecule has 5 nitrogen and oxygen atoms in total. The molecule has 0 radical (unpaired) electrons. The molecule has 110 valence electrons. The van der Waals surface area contributed by atoms with Gasteiger partial charge in [0, 0.05) is 11.8 Å². The Morgan fingerprint density at radius 2 is 2.15 bits per heavy atom. The Balaban J connectivity index is 1.74. The Kier molecular flexibility index (Phi) is 5.14. The van der Waals surface area contributed by atoms with Crippen molar-refractivity contribution in [3.63, 3.8) is 0 Å². The molecular weight excluding hydrogens is 274 g/mol. The molecule has 1 atom stereocenters. The van der Waals surface area contributed by atoms with Crippen LogP contribution in [0.4, 0.5) is 0 Å². The van der Waals surface area contributed by atoms with Crippen molar-refractivity contribution in [2.75, 3.05) is 32.7 Å². The molecule has 0 aromatic carbocycles. The Labute approximate surface area is 123 Å². The van der Waals surface area contributed by atoms with Crippen molar-refractivity contribution in [2.45, 2.75) is 19.9 Å². The van der Waals surface area contributed by atoms with Gasteiger partial charge in [0.2, 0.25) is 5.91 Å². The summed E-state index contributed by atoms with van der Waals surface area (Å²) in [5, 5.41) is 5.05. The van der Waals surface area contributed by atoms with Crippen LogP contribution in [-0.2, 0) is 9.59 Å². The van der Waals surface area contributed by atoms with Gasteiger partial charge < -0.3 is 15.1 Å². The fourth-order valence-corrected chi connectivity index (χ4v) is 3.18. The summed E-state index contributed by atoms with van der Waals surface area (Å²) in [7, 11) is 0. The highest BCUT2D eigenvalue weighted by molar-refractivity contribution is 7.10. The summed E-state index contributed by atoms with van der Waals surface area (Å²) in [6.45, 7) is 7.28. The highest BCUT2D eigenvalue weighted by atomic mass is 32.1. The fourth-order valence-electron chi connectivity index (χ4n) is 2.44. The molecule has 2 amide bonds. The van der Waals surface area contributed by atoms with Gasteiger partial charge in [-0.2, -0.15) is 0 Å². The number of thiophene rings is 1. The topological polar surface area (TPSA) is 53.9 Å².